The highest BCUT2D eigenvalue weighted by molar-refractivity contribution is 5.33. The molecule has 2 heterocycles. The van der Waals surface area contributed by atoms with Crippen LogP contribution in [0.4, 0.5) is 0 Å². The maximum Gasteiger partial charge on any atom is 0.123 e. The monoisotopic (exact) mass is 246 g/mol. The number of likely N-dealkylation sites (tertiary alicyclic amines) is 1. The minimum atomic E-state index is 0.701. The Labute approximate surface area is 109 Å². The zero-order valence-corrected chi connectivity index (χ0v) is 11.1. The van der Waals surface area contributed by atoms with Crippen molar-refractivity contribution in [2.75, 3.05) is 20.2 Å². The standard InChI is InChI=1S/C15H22N2O/c1-18-15-5-3-2-4-12(15)10-17-9-8-13-6-7-14(11-17)16-13/h2-5,13-14,16H,6-11H2,1H3. The van der Waals surface area contributed by atoms with Gasteiger partial charge in [-0.15, -0.1) is 0 Å². The van der Waals surface area contributed by atoms with Gasteiger partial charge < -0.3 is 10.1 Å². The van der Waals surface area contributed by atoms with Gasteiger partial charge >= 0.3 is 0 Å². The van der Waals surface area contributed by atoms with Gasteiger partial charge in [-0.3, -0.25) is 4.90 Å². The predicted molar refractivity (Wildman–Crippen MR) is 72.8 cm³/mol. The van der Waals surface area contributed by atoms with Crippen molar-refractivity contribution in [2.24, 2.45) is 0 Å². The van der Waals surface area contributed by atoms with Gasteiger partial charge in [-0.05, 0) is 25.3 Å². The van der Waals surface area contributed by atoms with E-state index in [1.54, 1.807) is 7.11 Å². The highest BCUT2D eigenvalue weighted by Crippen LogP contribution is 2.24. The molecule has 18 heavy (non-hydrogen) atoms. The van der Waals surface area contributed by atoms with Crippen molar-refractivity contribution in [2.45, 2.75) is 37.9 Å². The van der Waals surface area contributed by atoms with Crippen LogP contribution < -0.4 is 10.1 Å². The third-order valence-electron chi connectivity index (χ3n) is 4.19. The molecule has 2 atom stereocenters. The van der Waals surface area contributed by atoms with E-state index in [1.807, 2.05) is 6.07 Å². The number of methoxy groups -OCH3 is 1. The van der Waals surface area contributed by atoms with E-state index in [0.717, 1.165) is 18.3 Å². The van der Waals surface area contributed by atoms with Gasteiger partial charge in [0.2, 0.25) is 0 Å². The fourth-order valence-corrected chi connectivity index (χ4v) is 3.23. The van der Waals surface area contributed by atoms with E-state index in [9.17, 15) is 0 Å². The molecule has 2 saturated heterocycles. The summed E-state index contributed by atoms with van der Waals surface area (Å²) < 4.78 is 5.44. The van der Waals surface area contributed by atoms with Gasteiger partial charge in [-0.25, -0.2) is 0 Å². The summed E-state index contributed by atoms with van der Waals surface area (Å²) in [6.45, 7) is 3.38. The number of fused-ring (bicyclic) bond motifs is 2. The van der Waals surface area contributed by atoms with E-state index in [2.05, 4.69) is 28.4 Å². The number of benzene rings is 1. The third kappa shape index (κ3) is 2.52. The van der Waals surface area contributed by atoms with Crippen LogP contribution in [-0.4, -0.2) is 37.2 Å². The Hall–Kier alpha value is -1.06. The number of ether oxygens (including phenoxy) is 1. The van der Waals surface area contributed by atoms with E-state index in [1.165, 1.54) is 37.9 Å². The first kappa shape index (κ1) is 12.0. The van der Waals surface area contributed by atoms with Gasteiger partial charge in [-0.2, -0.15) is 0 Å². The van der Waals surface area contributed by atoms with Crippen molar-refractivity contribution < 1.29 is 4.74 Å². The molecule has 0 radical (unpaired) electrons. The molecule has 1 aromatic rings. The molecule has 0 aliphatic carbocycles. The fourth-order valence-electron chi connectivity index (χ4n) is 3.23. The molecule has 98 valence electrons. The molecule has 0 aromatic heterocycles. The second-order valence-electron chi connectivity index (χ2n) is 5.47. The molecule has 2 bridgehead atoms. The molecule has 0 saturated carbocycles. The molecule has 2 aliphatic rings. The molecule has 3 rings (SSSR count). The predicted octanol–water partition coefficient (Wildman–Crippen LogP) is 2.02. The first-order valence-corrected chi connectivity index (χ1v) is 6.95. The van der Waals surface area contributed by atoms with E-state index in [4.69, 9.17) is 4.74 Å². The van der Waals surface area contributed by atoms with Crippen LogP contribution in [0, 0.1) is 0 Å². The maximum atomic E-state index is 5.44. The van der Waals surface area contributed by atoms with Gasteiger partial charge in [0.25, 0.3) is 0 Å². The average molecular weight is 246 g/mol. The van der Waals surface area contributed by atoms with E-state index in [0.29, 0.717) is 6.04 Å². The zero-order valence-electron chi connectivity index (χ0n) is 11.1. The lowest BCUT2D eigenvalue weighted by Crippen LogP contribution is -2.35. The summed E-state index contributed by atoms with van der Waals surface area (Å²) in [5, 5.41) is 3.72. The first-order chi connectivity index (χ1) is 8.85. The summed E-state index contributed by atoms with van der Waals surface area (Å²) in [7, 11) is 1.75. The van der Waals surface area contributed by atoms with Crippen LogP contribution in [0.1, 0.15) is 24.8 Å². The van der Waals surface area contributed by atoms with Gasteiger partial charge in [0.15, 0.2) is 0 Å². The summed E-state index contributed by atoms with van der Waals surface area (Å²) >= 11 is 0. The Bertz CT molecular complexity index is 407. The van der Waals surface area contributed by atoms with Gasteiger partial charge in [0, 0.05) is 37.3 Å². The molecular weight excluding hydrogens is 224 g/mol. The second-order valence-corrected chi connectivity index (χ2v) is 5.47. The van der Waals surface area contributed by atoms with Crippen LogP contribution in [0.3, 0.4) is 0 Å². The number of hydrogen-bond donors (Lipinski definition) is 1. The molecule has 3 nitrogen and oxygen atoms in total. The number of hydrogen-bond acceptors (Lipinski definition) is 3. The van der Waals surface area contributed by atoms with Crippen LogP contribution in [0.2, 0.25) is 0 Å². The Kier molecular flexibility index (Phi) is 3.52. The molecule has 3 heteroatoms. The lowest BCUT2D eigenvalue weighted by atomic mass is 10.1. The first-order valence-electron chi connectivity index (χ1n) is 6.95. The quantitative estimate of drug-likeness (QED) is 0.883. The van der Waals surface area contributed by atoms with Gasteiger partial charge in [0.05, 0.1) is 7.11 Å². The van der Waals surface area contributed by atoms with Crippen molar-refractivity contribution in [3.63, 3.8) is 0 Å². The van der Waals surface area contributed by atoms with Crippen LogP contribution in [0.25, 0.3) is 0 Å². The fraction of sp³-hybridized carbons (Fsp3) is 0.600. The van der Waals surface area contributed by atoms with Crippen molar-refractivity contribution in [3.05, 3.63) is 29.8 Å². The van der Waals surface area contributed by atoms with Crippen LogP contribution in [0.15, 0.2) is 24.3 Å². The maximum absolute atomic E-state index is 5.44. The summed E-state index contributed by atoms with van der Waals surface area (Å²) in [4.78, 5) is 2.56. The minimum absolute atomic E-state index is 0.701. The smallest absolute Gasteiger partial charge is 0.123 e. The summed E-state index contributed by atoms with van der Waals surface area (Å²) in [5.41, 5.74) is 1.30. The van der Waals surface area contributed by atoms with Crippen LogP contribution >= 0.6 is 0 Å². The van der Waals surface area contributed by atoms with Crippen molar-refractivity contribution in [1.82, 2.24) is 10.2 Å². The highest BCUT2D eigenvalue weighted by Gasteiger charge is 2.29. The highest BCUT2D eigenvalue weighted by atomic mass is 16.5. The topological polar surface area (TPSA) is 24.5 Å². The molecule has 0 amide bonds. The Morgan fingerprint density at radius 1 is 1.22 bits per heavy atom. The Balaban J connectivity index is 1.68. The lowest BCUT2D eigenvalue weighted by Gasteiger charge is -2.24. The molecule has 2 unspecified atom stereocenters. The largest absolute Gasteiger partial charge is 0.496 e. The Morgan fingerprint density at radius 3 is 2.94 bits per heavy atom. The molecular formula is C15H22N2O. The summed E-state index contributed by atoms with van der Waals surface area (Å²) in [5.74, 6) is 1.01. The van der Waals surface area contributed by atoms with Gasteiger partial charge in [0.1, 0.15) is 5.75 Å². The normalized spacial score (nSPS) is 28.1. The molecule has 1 N–H and O–H groups in total. The zero-order chi connectivity index (χ0) is 12.4. The third-order valence-corrected chi connectivity index (χ3v) is 4.19. The minimum Gasteiger partial charge on any atom is -0.496 e. The van der Waals surface area contributed by atoms with E-state index >= 15 is 0 Å². The van der Waals surface area contributed by atoms with E-state index < -0.39 is 0 Å². The number of para-hydroxylation sites is 1. The number of nitrogens with one attached hydrogen (secondary N) is 1. The molecule has 1 aromatic carbocycles. The van der Waals surface area contributed by atoms with Crippen LogP contribution in [-0.2, 0) is 6.54 Å². The molecule has 2 fully saturated rings. The van der Waals surface area contributed by atoms with E-state index in [-0.39, 0.29) is 0 Å². The van der Waals surface area contributed by atoms with Crippen molar-refractivity contribution in [1.29, 1.82) is 0 Å². The van der Waals surface area contributed by atoms with Crippen molar-refractivity contribution in [3.8, 4) is 5.75 Å². The molecule has 2 aliphatic heterocycles. The Morgan fingerprint density at radius 2 is 2.06 bits per heavy atom. The molecule has 0 spiro atoms. The SMILES string of the molecule is COc1ccccc1CN1CCC2CCC(C1)N2. The summed E-state index contributed by atoms with van der Waals surface area (Å²) in [6, 6.07) is 9.83. The summed E-state index contributed by atoms with van der Waals surface area (Å²) in [6.07, 6.45) is 3.99. The average Bonchev–Trinajstić information content (AvgIpc) is 2.73. The number of rotatable bonds is 3. The number of nitrogens with zero attached hydrogens (tertiary/aromatic N) is 1. The van der Waals surface area contributed by atoms with Crippen LogP contribution in [0.5, 0.6) is 5.75 Å². The second kappa shape index (κ2) is 5.29. The van der Waals surface area contributed by atoms with Crippen molar-refractivity contribution >= 4 is 0 Å². The lowest BCUT2D eigenvalue weighted by molar-refractivity contribution is 0.247. The van der Waals surface area contributed by atoms with Gasteiger partial charge in [-0.1, -0.05) is 18.2 Å².